The van der Waals surface area contributed by atoms with Gasteiger partial charge in [0.05, 0.1) is 11.4 Å². The van der Waals surface area contributed by atoms with E-state index >= 15 is 0 Å². The van der Waals surface area contributed by atoms with Crippen LogP contribution in [0.5, 0.6) is 5.75 Å². The van der Waals surface area contributed by atoms with Crippen molar-refractivity contribution < 1.29 is 13.5 Å². The summed E-state index contributed by atoms with van der Waals surface area (Å²) >= 11 is 0. The van der Waals surface area contributed by atoms with Gasteiger partial charge in [-0.1, -0.05) is 6.07 Å². The summed E-state index contributed by atoms with van der Waals surface area (Å²) in [5, 5.41) is 0. The van der Waals surface area contributed by atoms with Gasteiger partial charge in [-0.3, -0.25) is 4.98 Å². The van der Waals surface area contributed by atoms with E-state index in [-0.39, 0.29) is 18.0 Å². The van der Waals surface area contributed by atoms with Crippen LogP contribution in [0.25, 0.3) is 0 Å². The Kier molecular flexibility index (Phi) is 3.41. The zero-order valence-electron chi connectivity index (χ0n) is 9.78. The number of nitrogens with two attached hydrogens (primary N) is 1. The number of aromatic nitrogens is 1. The summed E-state index contributed by atoms with van der Waals surface area (Å²) in [6, 6.07) is 7.24. The van der Waals surface area contributed by atoms with Crippen molar-refractivity contribution in [1.29, 1.82) is 0 Å². The molecule has 0 aliphatic carbocycles. The molecule has 0 aliphatic rings. The van der Waals surface area contributed by atoms with E-state index in [1.807, 2.05) is 19.1 Å². The Morgan fingerprint density at radius 2 is 2.00 bits per heavy atom. The summed E-state index contributed by atoms with van der Waals surface area (Å²) in [5.41, 5.74) is 6.47. The second-order valence-corrected chi connectivity index (χ2v) is 3.86. The molecule has 5 heteroatoms. The second-order valence-electron chi connectivity index (χ2n) is 3.86. The first kappa shape index (κ1) is 12.3. The molecule has 2 rings (SSSR count). The van der Waals surface area contributed by atoms with Crippen LogP contribution < -0.4 is 10.5 Å². The van der Waals surface area contributed by atoms with Crippen molar-refractivity contribution in [2.75, 3.05) is 5.73 Å². The Labute approximate surface area is 103 Å². The third-order valence-electron chi connectivity index (χ3n) is 2.37. The van der Waals surface area contributed by atoms with Gasteiger partial charge in [-0.15, -0.1) is 0 Å². The predicted octanol–water partition coefficient (Wildman–Crippen LogP) is 2.83. The summed E-state index contributed by atoms with van der Waals surface area (Å²) < 4.78 is 31.8. The van der Waals surface area contributed by atoms with Gasteiger partial charge in [0, 0.05) is 17.8 Å². The van der Waals surface area contributed by atoms with Gasteiger partial charge in [-0.2, -0.15) is 0 Å². The van der Waals surface area contributed by atoms with Crippen molar-refractivity contribution >= 4 is 5.69 Å². The average molecular weight is 250 g/mol. The Bertz CT molecular complexity index is 573. The van der Waals surface area contributed by atoms with Crippen LogP contribution in [0.2, 0.25) is 0 Å². The smallest absolute Gasteiger partial charge is 0.167 e. The van der Waals surface area contributed by atoms with E-state index in [9.17, 15) is 8.78 Å². The number of aryl methyl sites for hydroxylation is 1. The number of ether oxygens (including phenoxy) is 1. The molecule has 18 heavy (non-hydrogen) atoms. The number of rotatable bonds is 3. The number of hydrogen-bond acceptors (Lipinski definition) is 3. The van der Waals surface area contributed by atoms with Crippen LogP contribution >= 0.6 is 0 Å². The molecule has 0 aliphatic heterocycles. The van der Waals surface area contributed by atoms with Crippen LogP contribution in [0.4, 0.5) is 14.5 Å². The zero-order valence-corrected chi connectivity index (χ0v) is 9.78. The molecule has 0 saturated heterocycles. The summed E-state index contributed by atoms with van der Waals surface area (Å²) in [5.74, 6) is -1.57. The summed E-state index contributed by atoms with van der Waals surface area (Å²) in [6.07, 6.45) is 0. The first-order chi connectivity index (χ1) is 8.56. The van der Waals surface area contributed by atoms with Crippen LogP contribution in [0.3, 0.4) is 0 Å². The first-order valence-corrected chi connectivity index (χ1v) is 5.36. The van der Waals surface area contributed by atoms with E-state index in [4.69, 9.17) is 10.5 Å². The number of pyridine rings is 1. The lowest BCUT2D eigenvalue weighted by Gasteiger charge is -2.08. The fourth-order valence-corrected chi connectivity index (χ4v) is 1.49. The highest BCUT2D eigenvalue weighted by Gasteiger charge is 2.09. The standard InChI is InChI=1S/C13H12F2N2O/c1-8-3-2-4-9(17-8)7-18-13-6-10(14)12(16)5-11(13)15/h2-6H,7,16H2,1H3. The quantitative estimate of drug-likeness (QED) is 0.852. The maximum atomic E-state index is 13.4. The normalized spacial score (nSPS) is 10.4. The van der Waals surface area contributed by atoms with Crippen molar-refractivity contribution in [1.82, 2.24) is 4.98 Å². The lowest BCUT2D eigenvalue weighted by Crippen LogP contribution is -2.02. The highest BCUT2D eigenvalue weighted by molar-refractivity contribution is 5.44. The molecule has 3 nitrogen and oxygen atoms in total. The van der Waals surface area contributed by atoms with Gasteiger partial charge in [0.2, 0.25) is 0 Å². The highest BCUT2D eigenvalue weighted by atomic mass is 19.1. The van der Waals surface area contributed by atoms with Crippen molar-refractivity contribution in [3.8, 4) is 5.75 Å². The van der Waals surface area contributed by atoms with Gasteiger partial charge in [-0.05, 0) is 19.1 Å². The van der Waals surface area contributed by atoms with E-state index in [0.717, 1.165) is 17.8 Å². The zero-order chi connectivity index (χ0) is 13.1. The number of nitrogen functional groups attached to an aromatic ring is 1. The van der Waals surface area contributed by atoms with E-state index in [2.05, 4.69) is 4.98 Å². The molecular weight excluding hydrogens is 238 g/mol. The molecule has 2 N–H and O–H groups in total. The Balaban J connectivity index is 2.13. The Morgan fingerprint density at radius 3 is 2.72 bits per heavy atom. The minimum Gasteiger partial charge on any atom is -0.484 e. The van der Waals surface area contributed by atoms with E-state index in [1.54, 1.807) is 6.07 Å². The molecular formula is C13H12F2N2O. The van der Waals surface area contributed by atoms with Crippen LogP contribution in [0.15, 0.2) is 30.3 Å². The fourth-order valence-electron chi connectivity index (χ4n) is 1.49. The molecule has 1 aromatic heterocycles. The minimum absolute atomic E-state index is 0.0714. The molecule has 0 spiro atoms. The van der Waals surface area contributed by atoms with E-state index in [1.165, 1.54) is 0 Å². The highest BCUT2D eigenvalue weighted by Crippen LogP contribution is 2.23. The summed E-state index contributed by atoms with van der Waals surface area (Å²) in [4.78, 5) is 4.19. The van der Waals surface area contributed by atoms with Crippen LogP contribution in [0.1, 0.15) is 11.4 Å². The fraction of sp³-hybridized carbons (Fsp3) is 0.154. The number of anilines is 1. The predicted molar refractivity (Wildman–Crippen MR) is 64.1 cm³/mol. The molecule has 0 bridgehead atoms. The first-order valence-electron chi connectivity index (χ1n) is 5.36. The molecule has 0 unspecified atom stereocenters. The van der Waals surface area contributed by atoms with Gasteiger partial charge >= 0.3 is 0 Å². The third kappa shape index (κ3) is 2.74. The molecule has 0 saturated carbocycles. The Morgan fingerprint density at radius 1 is 1.22 bits per heavy atom. The van der Waals surface area contributed by atoms with Gasteiger partial charge in [0.25, 0.3) is 0 Å². The molecule has 0 amide bonds. The van der Waals surface area contributed by atoms with E-state index < -0.39 is 11.6 Å². The maximum Gasteiger partial charge on any atom is 0.167 e. The number of benzene rings is 1. The second kappa shape index (κ2) is 5.00. The molecule has 0 atom stereocenters. The van der Waals surface area contributed by atoms with Gasteiger partial charge in [-0.25, -0.2) is 8.78 Å². The van der Waals surface area contributed by atoms with Gasteiger partial charge in [0.15, 0.2) is 11.6 Å². The minimum atomic E-state index is -0.705. The third-order valence-corrected chi connectivity index (χ3v) is 2.37. The number of halogens is 2. The molecule has 2 aromatic rings. The lowest BCUT2D eigenvalue weighted by molar-refractivity contribution is 0.284. The van der Waals surface area contributed by atoms with E-state index in [0.29, 0.717) is 5.69 Å². The van der Waals surface area contributed by atoms with Crippen LogP contribution in [-0.4, -0.2) is 4.98 Å². The lowest BCUT2D eigenvalue weighted by atomic mass is 10.3. The molecule has 0 radical (unpaired) electrons. The van der Waals surface area contributed by atoms with Crippen molar-refractivity contribution in [2.24, 2.45) is 0 Å². The maximum absolute atomic E-state index is 13.4. The van der Waals surface area contributed by atoms with Crippen LogP contribution in [0, 0.1) is 18.6 Å². The van der Waals surface area contributed by atoms with Crippen molar-refractivity contribution in [3.63, 3.8) is 0 Å². The van der Waals surface area contributed by atoms with Crippen molar-refractivity contribution in [2.45, 2.75) is 13.5 Å². The number of hydrogen-bond donors (Lipinski definition) is 1. The molecule has 1 heterocycles. The molecule has 1 aromatic carbocycles. The Hall–Kier alpha value is -2.17. The summed E-state index contributed by atoms with van der Waals surface area (Å²) in [6.45, 7) is 1.91. The topological polar surface area (TPSA) is 48.1 Å². The van der Waals surface area contributed by atoms with Gasteiger partial charge < -0.3 is 10.5 Å². The summed E-state index contributed by atoms with van der Waals surface area (Å²) in [7, 11) is 0. The van der Waals surface area contributed by atoms with Crippen LogP contribution in [-0.2, 0) is 6.61 Å². The number of nitrogens with zero attached hydrogens (tertiary/aromatic N) is 1. The average Bonchev–Trinajstić information content (AvgIpc) is 2.32. The molecule has 94 valence electrons. The largest absolute Gasteiger partial charge is 0.484 e. The monoisotopic (exact) mass is 250 g/mol. The molecule has 0 fully saturated rings. The van der Waals surface area contributed by atoms with Gasteiger partial charge in [0.1, 0.15) is 12.4 Å². The SMILES string of the molecule is Cc1cccc(COc2cc(F)c(N)cc2F)n1. The van der Waals surface area contributed by atoms with Crippen molar-refractivity contribution in [3.05, 3.63) is 53.4 Å².